The van der Waals surface area contributed by atoms with Crippen LogP contribution in [0.3, 0.4) is 0 Å². The maximum Gasteiger partial charge on any atom is 0.343 e. The zero-order valence-corrected chi connectivity index (χ0v) is 20.4. The summed E-state index contributed by atoms with van der Waals surface area (Å²) in [7, 11) is 0. The predicted octanol–water partition coefficient (Wildman–Crippen LogP) is -1.90. The number of carbonyl (C=O) groups excluding carboxylic acids is 6. The van der Waals surface area contributed by atoms with E-state index in [0.717, 1.165) is 0 Å². The normalized spacial score (nSPS) is 23.8. The Labute approximate surface area is 224 Å². The van der Waals surface area contributed by atoms with Crippen LogP contribution >= 0.6 is 0 Å². The number of cyclic esters (lactones) is 2. The molecule has 0 bridgehead atoms. The number of ketones is 2. The summed E-state index contributed by atoms with van der Waals surface area (Å²) in [5, 5.41) is 38.5. The van der Waals surface area contributed by atoms with Crippen molar-refractivity contribution < 1.29 is 68.1 Å². The largest absolute Gasteiger partial charge is 0.459 e. The lowest BCUT2D eigenvalue weighted by Gasteiger charge is -2.16. The van der Waals surface area contributed by atoms with Crippen molar-refractivity contribution in [2.75, 3.05) is 13.2 Å². The number of hydrogen-bond donors (Lipinski definition) is 4. The van der Waals surface area contributed by atoms with Crippen LogP contribution in [0.1, 0.15) is 20.7 Å². The molecular formula is C26H22O14. The summed E-state index contributed by atoms with van der Waals surface area (Å²) in [5.41, 5.74) is 1.54. The highest BCUT2D eigenvalue weighted by atomic mass is 16.6. The molecule has 210 valence electrons. The summed E-state index contributed by atoms with van der Waals surface area (Å²) in [6, 6.07) is 12.1. The van der Waals surface area contributed by atoms with Gasteiger partial charge in [0, 0.05) is 0 Å². The molecule has 2 aliphatic heterocycles. The number of esters is 4. The van der Waals surface area contributed by atoms with Gasteiger partial charge in [-0.25, -0.2) is 19.2 Å². The van der Waals surface area contributed by atoms with Gasteiger partial charge in [0.05, 0.1) is 11.1 Å². The third-order valence-corrected chi connectivity index (χ3v) is 6.08. The number of Topliss-reactive ketones (excluding diaryl/α,β-unsaturated/α-hetero) is 2. The van der Waals surface area contributed by atoms with Crippen LogP contribution in [0.25, 0.3) is 11.1 Å². The molecule has 4 rings (SSSR count). The highest BCUT2D eigenvalue weighted by Crippen LogP contribution is 2.22. The van der Waals surface area contributed by atoms with E-state index in [1.165, 1.54) is 24.3 Å². The first kappa shape index (κ1) is 28.5. The lowest BCUT2D eigenvalue weighted by atomic mass is 10.0. The molecule has 0 amide bonds. The fourth-order valence-corrected chi connectivity index (χ4v) is 3.84. The average molecular weight is 558 g/mol. The molecule has 0 aliphatic carbocycles. The van der Waals surface area contributed by atoms with Gasteiger partial charge in [0.15, 0.2) is 12.2 Å². The molecule has 6 atom stereocenters. The van der Waals surface area contributed by atoms with Crippen LogP contribution in [0, 0.1) is 0 Å². The molecule has 2 fully saturated rings. The van der Waals surface area contributed by atoms with Gasteiger partial charge in [0.25, 0.3) is 0 Å². The molecule has 2 aromatic carbocycles. The number of benzene rings is 2. The summed E-state index contributed by atoms with van der Waals surface area (Å²) < 4.78 is 19.1. The van der Waals surface area contributed by atoms with Crippen molar-refractivity contribution in [3.05, 3.63) is 59.7 Å². The molecule has 2 saturated heterocycles. The molecule has 4 N–H and O–H groups in total. The Morgan fingerprint density at radius 3 is 1.25 bits per heavy atom. The van der Waals surface area contributed by atoms with Crippen molar-refractivity contribution in [2.24, 2.45) is 0 Å². The molecule has 0 spiro atoms. The minimum absolute atomic E-state index is 0.114. The number of carbonyl (C=O) groups is 6. The number of aliphatic hydroxyl groups is 4. The van der Waals surface area contributed by atoms with E-state index in [0.29, 0.717) is 11.1 Å². The molecule has 40 heavy (non-hydrogen) atoms. The quantitative estimate of drug-likeness (QED) is 0.150. The molecular weight excluding hydrogens is 536 g/mol. The SMILES string of the molecule is O=C(OCC(O)C1OC(=O)C(O)C1=O)c1ccc(-c2ccc(C(=O)OCC(O)C3OC(=O)C(O)C3=O)cc2)cc1. The number of aliphatic hydroxyl groups excluding tert-OH is 4. The van der Waals surface area contributed by atoms with Gasteiger partial charge < -0.3 is 39.4 Å². The maximum absolute atomic E-state index is 12.3. The molecule has 2 aromatic rings. The van der Waals surface area contributed by atoms with Crippen LogP contribution in [-0.4, -0.2) is 106 Å². The summed E-state index contributed by atoms with van der Waals surface area (Å²) in [5.74, 6) is -6.08. The molecule has 0 saturated carbocycles. The van der Waals surface area contributed by atoms with E-state index in [2.05, 4.69) is 9.47 Å². The fraction of sp³-hybridized carbons (Fsp3) is 0.308. The molecule has 6 unspecified atom stereocenters. The molecule has 14 heteroatoms. The second-order valence-electron chi connectivity index (χ2n) is 8.81. The lowest BCUT2D eigenvalue weighted by molar-refractivity contribution is -0.152. The van der Waals surface area contributed by atoms with Gasteiger partial charge in [-0.2, -0.15) is 0 Å². The Morgan fingerprint density at radius 1 is 0.650 bits per heavy atom. The van der Waals surface area contributed by atoms with Crippen molar-refractivity contribution in [1.29, 1.82) is 0 Å². The third kappa shape index (κ3) is 5.89. The highest BCUT2D eigenvalue weighted by Gasteiger charge is 2.47. The Kier molecular flexibility index (Phi) is 8.35. The van der Waals surface area contributed by atoms with Gasteiger partial charge in [-0.1, -0.05) is 24.3 Å². The second kappa shape index (κ2) is 11.7. The minimum atomic E-state index is -1.98. The molecule has 2 heterocycles. The number of rotatable bonds is 9. The zero-order chi connectivity index (χ0) is 29.1. The van der Waals surface area contributed by atoms with Gasteiger partial charge in [-0.15, -0.1) is 0 Å². The first-order valence-corrected chi connectivity index (χ1v) is 11.7. The minimum Gasteiger partial charge on any atom is -0.459 e. The molecule has 0 radical (unpaired) electrons. The summed E-state index contributed by atoms with van der Waals surface area (Å²) in [6.07, 6.45) is -10.5. The van der Waals surface area contributed by atoms with Crippen molar-refractivity contribution >= 4 is 35.4 Å². The first-order chi connectivity index (χ1) is 19.0. The average Bonchev–Trinajstić information content (AvgIpc) is 3.38. The lowest BCUT2D eigenvalue weighted by Crippen LogP contribution is -2.38. The van der Waals surface area contributed by atoms with Crippen LogP contribution < -0.4 is 0 Å². The van der Waals surface area contributed by atoms with Gasteiger partial charge in [-0.05, 0) is 35.4 Å². The standard InChI is InChI=1S/C26H22O14/c27-15(21-17(29)19(31)25(35)39-21)9-37-23(33)13-5-1-11(2-6-13)12-3-7-14(8-4-12)24(34)38-10-16(28)22-18(30)20(32)26(36)40-22/h1-8,15-16,19-22,27-28,31-32H,9-10H2. The van der Waals surface area contributed by atoms with E-state index in [1.807, 2.05) is 0 Å². The maximum atomic E-state index is 12.3. The third-order valence-electron chi connectivity index (χ3n) is 6.08. The van der Waals surface area contributed by atoms with Crippen LogP contribution in [0.5, 0.6) is 0 Å². The molecule has 14 nitrogen and oxygen atoms in total. The van der Waals surface area contributed by atoms with Crippen molar-refractivity contribution in [2.45, 2.75) is 36.6 Å². The molecule has 0 aromatic heterocycles. The van der Waals surface area contributed by atoms with Crippen LogP contribution in [0.4, 0.5) is 0 Å². The van der Waals surface area contributed by atoms with Crippen molar-refractivity contribution in [1.82, 2.24) is 0 Å². The van der Waals surface area contributed by atoms with E-state index in [9.17, 15) is 49.2 Å². The van der Waals surface area contributed by atoms with E-state index in [1.54, 1.807) is 24.3 Å². The van der Waals surface area contributed by atoms with E-state index in [4.69, 9.17) is 9.47 Å². The van der Waals surface area contributed by atoms with Gasteiger partial charge in [-0.3, -0.25) is 9.59 Å². The van der Waals surface area contributed by atoms with Gasteiger partial charge in [0.2, 0.25) is 23.8 Å². The van der Waals surface area contributed by atoms with Crippen LogP contribution in [0.2, 0.25) is 0 Å². The monoisotopic (exact) mass is 558 g/mol. The van der Waals surface area contributed by atoms with Gasteiger partial charge >= 0.3 is 23.9 Å². The predicted molar refractivity (Wildman–Crippen MR) is 126 cm³/mol. The fourth-order valence-electron chi connectivity index (χ4n) is 3.84. The highest BCUT2D eigenvalue weighted by molar-refractivity contribution is 6.09. The van der Waals surface area contributed by atoms with E-state index in [-0.39, 0.29) is 11.1 Å². The van der Waals surface area contributed by atoms with E-state index >= 15 is 0 Å². The topological polar surface area (TPSA) is 220 Å². The summed E-state index contributed by atoms with van der Waals surface area (Å²) in [6.45, 7) is -1.31. The van der Waals surface area contributed by atoms with Crippen molar-refractivity contribution in [3.63, 3.8) is 0 Å². The van der Waals surface area contributed by atoms with Gasteiger partial charge in [0.1, 0.15) is 25.4 Å². The number of hydrogen-bond acceptors (Lipinski definition) is 14. The smallest absolute Gasteiger partial charge is 0.343 e. The summed E-state index contributed by atoms with van der Waals surface area (Å²) >= 11 is 0. The summed E-state index contributed by atoms with van der Waals surface area (Å²) in [4.78, 5) is 70.3. The Hall–Kier alpha value is -4.50. The van der Waals surface area contributed by atoms with Crippen molar-refractivity contribution in [3.8, 4) is 11.1 Å². The Bertz CT molecular complexity index is 1230. The Morgan fingerprint density at radius 2 is 0.975 bits per heavy atom. The molecule has 2 aliphatic rings. The number of ether oxygens (including phenoxy) is 4. The van der Waals surface area contributed by atoms with E-state index < -0.39 is 85.3 Å². The van der Waals surface area contributed by atoms with Crippen LogP contribution in [0.15, 0.2) is 48.5 Å². The second-order valence-corrected chi connectivity index (χ2v) is 8.81. The Balaban J connectivity index is 1.28. The van der Waals surface area contributed by atoms with Crippen LogP contribution in [-0.2, 0) is 38.1 Å². The zero-order valence-electron chi connectivity index (χ0n) is 20.4. The first-order valence-electron chi connectivity index (χ1n) is 11.7.